The number of carbonyl (C=O) groups excluding carboxylic acids is 2. The van der Waals surface area contributed by atoms with Gasteiger partial charge in [0.1, 0.15) is 6.04 Å². The standard InChI is InChI=1S/C14H17F2N3O2.ClH/c1-9(12(20)19-10-5-3-2-4-6-10)18-13(21)11-7-14(15,16)8-17-11;/h2-6,9,11,17H,7-8H2,1H3,(H,18,21)(H,19,20);1H. The first kappa shape index (κ1) is 18.3. The van der Waals surface area contributed by atoms with E-state index in [0.717, 1.165) is 0 Å². The minimum atomic E-state index is -2.88. The molecule has 2 atom stereocenters. The Morgan fingerprint density at radius 2 is 1.95 bits per heavy atom. The second kappa shape index (κ2) is 7.51. The number of carbonyl (C=O) groups is 2. The number of anilines is 1. The van der Waals surface area contributed by atoms with Crippen LogP contribution in [0.2, 0.25) is 0 Å². The first-order valence-corrected chi connectivity index (χ1v) is 6.65. The zero-order valence-electron chi connectivity index (χ0n) is 11.9. The monoisotopic (exact) mass is 333 g/mol. The maximum absolute atomic E-state index is 13.0. The molecule has 0 aliphatic carbocycles. The topological polar surface area (TPSA) is 70.2 Å². The third-order valence-corrected chi connectivity index (χ3v) is 3.22. The average Bonchev–Trinajstić information content (AvgIpc) is 2.80. The Morgan fingerprint density at radius 3 is 2.50 bits per heavy atom. The van der Waals surface area contributed by atoms with E-state index in [2.05, 4.69) is 16.0 Å². The van der Waals surface area contributed by atoms with E-state index in [1.54, 1.807) is 24.3 Å². The number of nitrogens with one attached hydrogen (secondary N) is 3. The first-order chi connectivity index (χ1) is 9.87. The number of rotatable bonds is 4. The van der Waals surface area contributed by atoms with Crippen LogP contribution in [0.5, 0.6) is 0 Å². The van der Waals surface area contributed by atoms with Crippen LogP contribution in [0.4, 0.5) is 14.5 Å². The number of para-hydroxylation sites is 1. The van der Waals surface area contributed by atoms with Crippen molar-refractivity contribution in [2.45, 2.75) is 31.4 Å². The number of hydrogen-bond acceptors (Lipinski definition) is 3. The molecule has 1 aromatic carbocycles. The molecule has 0 aromatic heterocycles. The van der Waals surface area contributed by atoms with Crippen molar-refractivity contribution in [3.63, 3.8) is 0 Å². The predicted octanol–water partition coefficient (Wildman–Crippen LogP) is 1.55. The van der Waals surface area contributed by atoms with Gasteiger partial charge < -0.3 is 10.6 Å². The lowest BCUT2D eigenvalue weighted by Gasteiger charge is -2.17. The smallest absolute Gasteiger partial charge is 0.262 e. The molecule has 5 nitrogen and oxygen atoms in total. The van der Waals surface area contributed by atoms with Gasteiger partial charge in [0, 0.05) is 12.1 Å². The summed E-state index contributed by atoms with van der Waals surface area (Å²) in [6.45, 7) is 0.985. The molecule has 22 heavy (non-hydrogen) atoms. The number of benzene rings is 1. The van der Waals surface area contributed by atoms with E-state index >= 15 is 0 Å². The van der Waals surface area contributed by atoms with Crippen molar-refractivity contribution in [2.24, 2.45) is 0 Å². The van der Waals surface area contributed by atoms with Crippen molar-refractivity contribution in [3.8, 4) is 0 Å². The lowest BCUT2D eigenvalue weighted by Crippen LogP contribution is -2.48. The third kappa shape index (κ3) is 4.92. The van der Waals surface area contributed by atoms with E-state index in [4.69, 9.17) is 0 Å². The highest BCUT2D eigenvalue weighted by molar-refractivity contribution is 5.97. The normalized spacial score (nSPS) is 20.6. The van der Waals surface area contributed by atoms with E-state index in [1.807, 2.05) is 6.07 Å². The Balaban J connectivity index is 0.00000242. The quantitative estimate of drug-likeness (QED) is 0.783. The summed E-state index contributed by atoms with van der Waals surface area (Å²) in [5, 5.41) is 7.51. The lowest BCUT2D eigenvalue weighted by molar-refractivity contribution is -0.127. The molecule has 122 valence electrons. The van der Waals surface area contributed by atoms with Gasteiger partial charge in [0.15, 0.2) is 0 Å². The first-order valence-electron chi connectivity index (χ1n) is 6.65. The Morgan fingerprint density at radius 1 is 1.32 bits per heavy atom. The highest BCUT2D eigenvalue weighted by Gasteiger charge is 2.42. The highest BCUT2D eigenvalue weighted by atomic mass is 35.5. The number of halogens is 3. The highest BCUT2D eigenvalue weighted by Crippen LogP contribution is 2.25. The van der Waals surface area contributed by atoms with Crippen LogP contribution in [0.15, 0.2) is 30.3 Å². The molecule has 0 bridgehead atoms. The van der Waals surface area contributed by atoms with E-state index in [0.29, 0.717) is 5.69 Å². The van der Waals surface area contributed by atoms with Gasteiger partial charge >= 0.3 is 0 Å². The van der Waals surface area contributed by atoms with Crippen LogP contribution in [-0.2, 0) is 9.59 Å². The molecule has 8 heteroatoms. The van der Waals surface area contributed by atoms with Crippen LogP contribution in [0, 0.1) is 0 Å². The third-order valence-electron chi connectivity index (χ3n) is 3.22. The van der Waals surface area contributed by atoms with Crippen LogP contribution in [-0.4, -0.2) is 36.4 Å². The predicted molar refractivity (Wildman–Crippen MR) is 81.3 cm³/mol. The molecule has 1 aliphatic heterocycles. The van der Waals surface area contributed by atoms with Crippen molar-refractivity contribution in [1.29, 1.82) is 0 Å². The summed E-state index contributed by atoms with van der Waals surface area (Å²) in [6, 6.07) is 7.00. The van der Waals surface area contributed by atoms with Crippen LogP contribution >= 0.6 is 12.4 Å². The van der Waals surface area contributed by atoms with Crippen LogP contribution in [0.3, 0.4) is 0 Å². The van der Waals surface area contributed by atoms with Crippen molar-refractivity contribution in [2.75, 3.05) is 11.9 Å². The fraction of sp³-hybridized carbons (Fsp3) is 0.429. The average molecular weight is 334 g/mol. The zero-order chi connectivity index (χ0) is 15.5. The molecule has 1 heterocycles. The largest absolute Gasteiger partial charge is 0.343 e. The van der Waals surface area contributed by atoms with Crippen molar-refractivity contribution in [1.82, 2.24) is 10.6 Å². The molecule has 1 saturated heterocycles. The van der Waals surface area contributed by atoms with Gasteiger partial charge in [0.2, 0.25) is 11.8 Å². The van der Waals surface area contributed by atoms with Gasteiger partial charge in [-0.15, -0.1) is 12.4 Å². The summed E-state index contributed by atoms with van der Waals surface area (Å²) in [5.41, 5.74) is 0.606. The molecular formula is C14H18ClF2N3O2. The second-order valence-corrected chi connectivity index (χ2v) is 5.08. The van der Waals surface area contributed by atoms with Gasteiger partial charge in [-0.2, -0.15) is 0 Å². The van der Waals surface area contributed by atoms with Gasteiger partial charge in [-0.25, -0.2) is 8.78 Å². The molecule has 1 aromatic rings. The van der Waals surface area contributed by atoms with Crippen molar-refractivity contribution in [3.05, 3.63) is 30.3 Å². The Kier molecular flexibility index (Phi) is 6.25. The molecule has 0 radical (unpaired) electrons. The molecule has 1 fully saturated rings. The van der Waals surface area contributed by atoms with Gasteiger partial charge in [0.25, 0.3) is 5.92 Å². The van der Waals surface area contributed by atoms with E-state index in [9.17, 15) is 18.4 Å². The number of alkyl halides is 2. The molecule has 2 unspecified atom stereocenters. The number of amides is 2. The Hall–Kier alpha value is -1.73. The fourth-order valence-corrected chi connectivity index (χ4v) is 2.05. The van der Waals surface area contributed by atoms with Crippen LogP contribution in [0.25, 0.3) is 0 Å². The lowest BCUT2D eigenvalue weighted by atomic mass is 10.1. The molecule has 2 amide bonds. The molecule has 0 saturated carbocycles. The van der Waals surface area contributed by atoms with E-state index in [-0.39, 0.29) is 12.4 Å². The van der Waals surface area contributed by atoms with Gasteiger partial charge in [-0.3, -0.25) is 14.9 Å². The summed E-state index contributed by atoms with van der Waals surface area (Å²) < 4.78 is 26.0. The molecule has 3 N–H and O–H groups in total. The van der Waals surface area contributed by atoms with E-state index < -0.39 is 42.8 Å². The summed E-state index contributed by atoms with van der Waals surface area (Å²) in [6.07, 6.45) is -0.550. The Bertz CT molecular complexity index is 528. The fourth-order valence-electron chi connectivity index (χ4n) is 2.05. The van der Waals surface area contributed by atoms with Crippen LogP contribution in [0.1, 0.15) is 13.3 Å². The van der Waals surface area contributed by atoms with Gasteiger partial charge in [-0.1, -0.05) is 18.2 Å². The molecule has 0 spiro atoms. The maximum atomic E-state index is 13.0. The minimum Gasteiger partial charge on any atom is -0.343 e. The molecule has 1 aliphatic rings. The molecular weight excluding hydrogens is 316 g/mol. The summed E-state index contributed by atoms with van der Waals surface area (Å²) >= 11 is 0. The van der Waals surface area contributed by atoms with Gasteiger partial charge in [0.05, 0.1) is 12.6 Å². The van der Waals surface area contributed by atoms with Crippen molar-refractivity contribution < 1.29 is 18.4 Å². The maximum Gasteiger partial charge on any atom is 0.262 e. The zero-order valence-corrected chi connectivity index (χ0v) is 12.8. The SMILES string of the molecule is CC(NC(=O)C1CC(F)(F)CN1)C(=O)Nc1ccccc1.Cl. The summed E-state index contributed by atoms with van der Waals surface area (Å²) in [5.74, 6) is -3.88. The summed E-state index contributed by atoms with van der Waals surface area (Å²) in [7, 11) is 0. The number of hydrogen-bond donors (Lipinski definition) is 3. The summed E-state index contributed by atoms with van der Waals surface area (Å²) in [4.78, 5) is 23.7. The Labute approximate surface area is 133 Å². The molecule has 2 rings (SSSR count). The van der Waals surface area contributed by atoms with Gasteiger partial charge in [-0.05, 0) is 19.1 Å². The van der Waals surface area contributed by atoms with Crippen LogP contribution < -0.4 is 16.0 Å². The minimum absolute atomic E-state index is 0. The van der Waals surface area contributed by atoms with Crippen molar-refractivity contribution >= 4 is 29.9 Å². The second-order valence-electron chi connectivity index (χ2n) is 5.08. The van der Waals surface area contributed by atoms with E-state index in [1.165, 1.54) is 6.92 Å².